The zero-order valence-corrected chi connectivity index (χ0v) is 10.4. The van der Waals surface area contributed by atoms with Crippen LogP contribution in [0.15, 0.2) is 12.1 Å². The van der Waals surface area contributed by atoms with E-state index < -0.39 is 22.5 Å². The number of nitrogens with one attached hydrogen (secondary N) is 2. The Labute approximate surface area is 107 Å². The third kappa shape index (κ3) is 3.07. The average Bonchev–Trinajstić information content (AvgIpc) is 2.31. The molecule has 18 heavy (non-hydrogen) atoms. The van der Waals surface area contributed by atoms with Crippen molar-refractivity contribution in [2.75, 3.05) is 12.4 Å². The van der Waals surface area contributed by atoms with Crippen LogP contribution in [0.25, 0.3) is 0 Å². The molecule has 1 unspecified atom stereocenters. The van der Waals surface area contributed by atoms with E-state index in [1.165, 1.54) is 14.0 Å². The predicted molar refractivity (Wildman–Crippen MR) is 65.2 cm³/mol. The van der Waals surface area contributed by atoms with Crippen LogP contribution in [0.4, 0.5) is 15.8 Å². The summed E-state index contributed by atoms with van der Waals surface area (Å²) in [5.41, 5.74) is -0.491. The summed E-state index contributed by atoms with van der Waals surface area (Å²) in [6.45, 7) is 1.50. The molecule has 2 N–H and O–H groups in total. The molecule has 0 bridgehead atoms. The lowest BCUT2D eigenvalue weighted by molar-refractivity contribution is -0.384. The van der Waals surface area contributed by atoms with Crippen molar-refractivity contribution in [2.45, 2.75) is 13.0 Å². The van der Waals surface area contributed by atoms with E-state index in [9.17, 15) is 19.3 Å². The van der Waals surface area contributed by atoms with Gasteiger partial charge in [-0.05, 0) is 6.92 Å². The van der Waals surface area contributed by atoms with Crippen LogP contribution in [0.5, 0.6) is 0 Å². The van der Waals surface area contributed by atoms with Gasteiger partial charge in [0.05, 0.1) is 9.95 Å². The fourth-order valence-electron chi connectivity index (χ4n) is 1.32. The highest BCUT2D eigenvalue weighted by Gasteiger charge is 2.21. The molecule has 0 spiro atoms. The average molecular weight is 276 g/mol. The molecular formula is C10H11ClFN3O3. The van der Waals surface area contributed by atoms with Crippen molar-refractivity contribution in [2.24, 2.45) is 0 Å². The minimum Gasteiger partial charge on any atom is -0.368 e. The second kappa shape index (κ2) is 5.63. The standard InChI is InChI=1S/C10H11ClFN3O3/c1-5(10(16)13-2)14-8-4-7(12)6(11)3-9(8)15(17)18/h3-5,14H,1-2H3,(H,13,16). The van der Waals surface area contributed by atoms with E-state index in [2.05, 4.69) is 10.6 Å². The van der Waals surface area contributed by atoms with E-state index in [4.69, 9.17) is 11.6 Å². The first-order valence-corrected chi connectivity index (χ1v) is 5.36. The van der Waals surface area contributed by atoms with Crippen LogP contribution in [0.1, 0.15) is 6.92 Å². The molecule has 0 aliphatic rings. The first kappa shape index (κ1) is 14.2. The number of nitrogens with zero attached hydrogens (tertiary/aromatic N) is 1. The van der Waals surface area contributed by atoms with Gasteiger partial charge < -0.3 is 10.6 Å². The van der Waals surface area contributed by atoms with Gasteiger partial charge >= 0.3 is 0 Å². The first-order chi connectivity index (χ1) is 8.36. The van der Waals surface area contributed by atoms with Gasteiger partial charge in [0, 0.05) is 19.2 Å². The van der Waals surface area contributed by atoms with Gasteiger partial charge in [-0.15, -0.1) is 0 Å². The van der Waals surface area contributed by atoms with E-state index in [0.29, 0.717) is 0 Å². The highest BCUT2D eigenvalue weighted by molar-refractivity contribution is 6.31. The Kier molecular flexibility index (Phi) is 4.43. The molecule has 0 radical (unpaired) electrons. The van der Waals surface area contributed by atoms with Crippen LogP contribution < -0.4 is 10.6 Å². The number of carbonyl (C=O) groups excluding carboxylic acids is 1. The van der Waals surface area contributed by atoms with Gasteiger partial charge in [-0.25, -0.2) is 4.39 Å². The van der Waals surface area contributed by atoms with Gasteiger partial charge in [-0.2, -0.15) is 0 Å². The van der Waals surface area contributed by atoms with Crippen molar-refractivity contribution in [3.05, 3.63) is 33.1 Å². The molecule has 0 saturated carbocycles. The summed E-state index contributed by atoms with van der Waals surface area (Å²) in [5, 5.41) is 15.4. The van der Waals surface area contributed by atoms with Crippen LogP contribution in [0.3, 0.4) is 0 Å². The highest BCUT2D eigenvalue weighted by Crippen LogP contribution is 2.30. The van der Waals surface area contributed by atoms with Crippen molar-refractivity contribution in [3.8, 4) is 0 Å². The minimum atomic E-state index is -0.797. The molecule has 0 aromatic heterocycles. The van der Waals surface area contributed by atoms with Crippen molar-refractivity contribution in [1.29, 1.82) is 0 Å². The Hall–Kier alpha value is -1.89. The third-order valence-electron chi connectivity index (χ3n) is 2.25. The number of benzene rings is 1. The molecule has 1 aromatic carbocycles. The normalized spacial score (nSPS) is 11.8. The van der Waals surface area contributed by atoms with Gasteiger partial charge in [-0.3, -0.25) is 14.9 Å². The number of hydrogen-bond donors (Lipinski definition) is 2. The molecule has 6 nitrogen and oxygen atoms in total. The van der Waals surface area contributed by atoms with Gasteiger partial charge in [0.25, 0.3) is 5.69 Å². The maximum absolute atomic E-state index is 13.3. The fraction of sp³-hybridized carbons (Fsp3) is 0.300. The van der Waals surface area contributed by atoms with Crippen LogP contribution in [0.2, 0.25) is 5.02 Å². The second-order valence-electron chi connectivity index (χ2n) is 3.52. The lowest BCUT2D eigenvalue weighted by Crippen LogP contribution is -2.35. The highest BCUT2D eigenvalue weighted by atomic mass is 35.5. The van der Waals surface area contributed by atoms with Gasteiger partial charge in [0.2, 0.25) is 5.91 Å². The van der Waals surface area contributed by atoms with Crippen molar-refractivity contribution in [1.82, 2.24) is 5.32 Å². The Balaban J connectivity index is 3.11. The smallest absolute Gasteiger partial charge is 0.294 e. The number of nitro benzene ring substituents is 1. The molecule has 0 aliphatic carbocycles. The number of hydrogen-bond acceptors (Lipinski definition) is 4. The van der Waals surface area contributed by atoms with E-state index in [1.807, 2.05) is 0 Å². The fourth-order valence-corrected chi connectivity index (χ4v) is 1.48. The summed E-state index contributed by atoms with van der Waals surface area (Å²) in [4.78, 5) is 21.4. The number of halogens is 2. The zero-order chi connectivity index (χ0) is 13.9. The maximum Gasteiger partial charge on any atom is 0.294 e. The number of nitro groups is 1. The molecule has 98 valence electrons. The quantitative estimate of drug-likeness (QED) is 0.649. The van der Waals surface area contributed by atoms with E-state index >= 15 is 0 Å². The molecule has 0 fully saturated rings. The molecule has 0 heterocycles. The molecular weight excluding hydrogens is 265 g/mol. The van der Waals surface area contributed by atoms with Crippen molar-refractivity contribution >= 4 is 28.9 Å². The zero-order valence-electron chi connectivity index (χ0n) is 9.66. The largest absolute Gasteiger partial charge is 0.368 e. The summed E-state index contributed by atoms with van der Waals surface area (Å²) in [6.07, 6.45) is 0. The van der Waals surface area contributed by atoms with E-state index in [0.717, 1.165) is 12.1 Å². The second-order valence-corrected chi connectivity index (χ2v) is 3.93. The minimum absolute atomic E-state index is 0.0991. The summed E-state index contributed by atoms with van der Waals surface area (Å²) in [7, 11) is 1.43. The maximum atomic E-state index is 13.3. The molecule has 1 aromatic rings. The molecule has 0 saturated heterocycles. The molecule has 0 aliphatic heterocycles. The molecule has 1 rings (SSSR count). The summed E-state index contributed by atoms with van der Waals surface area (Å²) in [6, 6.07) is 1.05. The number of amides is 1. The number of anilines is 1. The van der Waals surface area contributed by atoms with Crippen LogP contribution in [-0.2, 0) is 4.79 Å². The number of likely N-dealkylation sites (N-methyl/N-ethyl adjacent to an activating group) is 1. The van der Waals surface area contributed by atoms with Gasteiger partial charge in [-0.1, -0.05) is 11.6 Å². The van der Waals surface area contributed by atoms with E-state index in [-0.39, 0.29) is 16.6 Å². The monoisotopic (exact) mass is 275 g/mol. The molecule has 8 heteroatoms. The number of rotatable bonds is 4. The Morgan fingerprint density at radius 3 is 2.67 bits per heavy atom. The van der Waals surface area contributed by atoms with Crippen molar-refractivity contribution in [3.63, 3.8) is 0 Å². The Morgan fingerprint density at radius 2 is 2.17 bits per heavy atom. The predicted octanol–water partition coefficient (Wildman–Crippen LogP) is 1.93. The van der Waals surface area contributed by atoms with Crippen molar-refractivity contribution < 1.29 is 14.1 Å². The summed E-state index contributed by atoms with van der Waals surface area (Å²) < 4.78 is 13.3. The third-order valence-corrected chi connectivity index (χ3v) is 2.54. The van der Waals surface area contributed by atoms with Gasteiger partial charge in [0.15, 0.2) is 0 Å². The van der Waals surface area contributed by atoms with Crippen LogP contribution in [0, 0.1) is 15.9 Å². The SMILES string of the molecule is CNC(=O)C(C)Nc1cc(F)c(Cl)cc1[N+](=O)[O-]. The lowest BCUT2D eigenvalue weighted by Gasteiger charge is -2.14. The Bertz CT molecular complexity index is 496. The summed E-state index contributed by atoms with van der Waals surface area (Å²) in [5.74, 6) is -1.17. The van der Waals surface area contributed by atoms with Gasteiger partial charge in [0.1, 0.15) is 17.5 Å². The molecule has 1 atom stereocenters. The topological polar surface area (TPSA) is 84.3 Å². The molecule has 1 amide bonds. The first-order valence-electron chi connectivity index (χ1n) is 4.98. The van der Waals surface area contributed by atoms with E-state index in [1.54, 1.807) is 0 Å². The van der Waals surface area contributed by atoms with Crippen LogP contribution in [-0.4, -0.2) is 23.9 Å². The summed E-state index contributed by atoms with van der Waals surface area (Å²) >= 11 is 5.47. The Morgan fingerprint density at radius 1 is 1.56 bits per heavy atom. The lowest BCUT2D eigenvalue weighted by atomic mass is 10.2. The van der Waals surface area contributed by atoms with Crippen LogP contribution >= 0.6 is 11.6 Å². The number of carbonyl (C=O) groups is 1.